The molecule has 0 aliphatic carbocycles. The normalized spacial score (nSPS) is 15.1. The number of phenols is 1. The molecule has 1 aromatic carbocycles. The third-order valence-corrected chi connectivity index (χ3v) is 1.66. The van der Waals surface area contributed by atoms with Gasteiger partial charge >= 0.3 is 0 Å². The fraction of sp³-hybridized carbons (Fsp3) is 0.250. The van der Waals surface area contributed by atoms with Crippen LogP contribution in [0.1, 0.15) is 5.56 Å². The maximum Gasteiger partial charge on any atom is 0.189 e. The molecule has 0 aromatic heterocycles. The Balaban J connectivity index is 2.53. The second-order valence-electron chi connectivity index (χ2n) is 2.52. The molecule has 0 unspecified atom stereocenters. The van der Waals surface area contributed by atoms with Crippen LogP contribution in [0.2, 0.25) is 0 Å². The summed E-state index contributed by atoms with van der Waals surface area (Å²) < 4.78 is 22.6. The van der Waals surface area contributed by atoms with Crippen LogP contribution in [0.15, 0.2) is 12.1 Å². The van der Waals surface area contributed by atoms with Gasteiger partial charge in [-0.15, -0.1) is 0 Å². The summed E-state index contributed by atoms with van der Waals surface area (Å²) in [6.45, 7) is 0.382. The van der Waals surface area contributed by atoms with Gasteiger partial charge in [0.15, 0.2) is 18.3 Å². The Hall–Kier alpha value is -1.29. The minimum absolute atomic E-state index is 0.103. The summed E-state index contributed by atoms with van der Waals surface area (Å²) in [7, 11) is 0. The molecule has 1 heterocycles. The Labute approximate surface area is 68.3 Å². The molecule has 12 heavy (non-hydrogen) atoms. The van der Waals surface area contributed by atoms with Crippen molar-refractivity contribution in [3.63, 3.8) is 0 Å². The SMILES string of the molecule is Oc1cc(F)cc2c1OCOC2. The number of ether oxygens (including phenoxy) is 2. The Kier molecular flexibility index (Phi) is 1.62. The molecule has 0 atom stereocenters. The second kappa shape index (κ2) is 2.64. The van der Waals surface area contributed by atoms with E-state index in [2.05, 4.69) is 0 Å². The van der Waals surface area contributed by atoms with E-state index in [1.165, 1.54) is 6.07 Å². The van der Waals surface area contributed by atoms with Gasteiger partial charge < -0.3 is 14.6 Å². The average Bonchev–Trinajstić information content (AvgIpc) is 2.04. The average molecular weight is 170 g/mol. The number of hydrogen-bond donors (Lipinski definition) is 1. The summed E-state index contributed by atoms with van der Waals surface area (Å²) in [5.41, 5.74) is 0.541. The molecule has 3 nitrogen and oxygen atoms in total. The molecule has 0 radical (unpaired) electrons. The van der Waals surface area contributed by atoms with Crippen molar-refractivity contribution in [3.05, 3.63) is 23.5 Å². The zero-order valence-electron chi connectivity index (χ0n) is 6.21. The molecule has 1 N–H and O–H groups in total. The number of phenolic OH excluding ortho intramolecular Hbond substituents is 1. The quantitative estimate of drug-likeness (QED) is 0.639. The van der Waals surface area contributed by atoms with Gasteiger partial charge in [-0.05, 0) is 6.07 Å². The summed E-state index contributed by atoms with van der Waals surface area (Å²) in [6, 6.07) is 2.30. The standard InChI is InChI=1S/C8H7FO3/c9-6-1-5-3-11-4-12-8(5)7(10)2-6/h1-2,10H,3-4H2. The molecule has 1 aliphatic rings. The molecule has 4 heteroatoms. The number of hydrogen-bond acceptors (Lipinski definition) is 3. The third-order valence-electron chi connectivity index (χ3n) is 1.66. The fourth-order valence-electron chi connectivity index (χ4n) is 1.16. The fourth-order valence-corrected chi connectivity index (χ4v) is 1.16. The Morgan fingerprint density at radius 1 is 1.42 bits per heavy atom. The summed E-state index contributed by atoms with van der Waals surface area (Å²) in [5, 5.41) is 9.22. The predicted octanol–water partition coefficient (Wildman–Crippen LogP) is 1.40. The van der Waals surface area contributed by atoms with Crippen LogP contribution in [0.4, 0.5) is 4.39 Å². The third kappa shape index (κ3) is 1.10. The van der Waals surface area contributed by atoms with E-state index in [1.54, 1.807) is 0 Å². The van der Waals surface area contributed by atoms with Crippen LogP contribution in [-0.4, -0.2) is 11.9 Å². The van der Waals surface area contributed by atoms with E-state index in [-0.39, 0.29) is 19.1 Å². The van der Waals surface area contributed by atoms with Crippen LogP contribution in [0, 0.1) is 5.82 Å². The number of rotatable bonds is 0. The smallest absolute Gasteiger partial charge is 0.189 e. The highest BCUT2D eigenvalue weighted by Gasteiger charge is 2.15. The zero-order valence-corrected chi connectivity index (χ0v) is 6.21. The number of aromatic hydroxyl groups is 1. The summed E-state index contributed by atoms with van der Waals surface area (Å²) in [5.74, 6) is -0.337. The van der Waals surface area contributed by atoms with Crippen LogP contribution in [0.25, 0.3) is 0 Å². The Morgan fingerprint density at radius 2 is 2.25 bits per heavy atom. The first-order valence-corrected chi connectivity index (χ1v) is 3.49. The lowest BCUT2D eigenvalue weighted by molar-refractivity contribution is -0.0182. The molecule has 1 aromatic rings. The zero-order chi connectivity index (χ0) is 8.55. The molecular weight excluding hydrogens is 163 g/mol. The molecule has 0 spiro atoms. The molecule has 0 saturated heterocycles. The highest BCUT2D eigenvalue weighted by Crippen LogP contribution is 2.33. The predicted molar refractivity (Wildman–Crippen MR) is 38.3 cm³/mol. The van der Waals surface area contributed by atoms with Crippen LogP contribution in [-0.2, 0) is 11.3 Å². The van der Waals surface area contributed by atoms with Crippen molar-refractivity contribution in [2.24, 2.45) is 0 Å². The van der Waals surface area contributed by atoms with Gasteiger partial charge in [-0.2, -0.15) is 0 Å². The van der Waals surface area contributed by atoms with Crippen LogP contribution < -0.4 is 4.74 Å². The first kappa shape index (κ1) is 7.36. The van der Waals surface area contributed by atoms with E-state index in [0.717, 1.165) is 6.07 Å². The Bertz CT molecular complexity index is 311. The molecule has 2 rings (SSSR count). The lowest BCUT2D eigenvalue weighted by Gasteiger charge is -2.18. The maximum atomic E-state index is 12.7. The largest absolute Gasteiger partial charge is 0.504 e. The minimum atomic E-state index is -0.486. The highest BCUT2D eigenvalue weighted by atomic mass is 19.1. The first-order valence-electron chi connectivity index (χ1n) is 3.49. The van der Waals surface area contributed by atoms with E-state index in [0.29, 0.717) is 11.3 Å². The van der Waals surface area contributed by atoms with Gasteiger partial charge in [0.1, 0.15) is 5.82 Å². The van der Waals surface area contributed by atoms with E-state index in [9.17, 15) is 9.50 Å². The van der Waals surface area contributed by atoms with E-state index < -0.39 is 5.82 Å². The van der Waals surface area contributed by atoms with Gasteiger partial charge in [-0.25, -0.2) is 4.39 Å². The van der Waals surface area contributed by atoms with Gasteiger partial charge in [0, 0.05) is 11.6 Å². The van der Waals surface area contributed by atoms with Gasteiger partial charge in [0.05, 0.1) is 6.61 Å². The van der Waals surface area contributed by atoms with Crippen molar-refractivity contribution in [2.45, 2.75) is 6.61 Å². The topological polar surface area (TPSA) is 38.7 Å². The van der Waals surface area contributed by atoms with Gasteiger partial charge in [-0.1, -0.05) is 0 Å². The molecular formula is C8H7FO3. The van der Waals surface area contributed by atoms with Gasteiger partial charge in [0.2, 0.25) is 0 Å². The van der Waals surface area contributed by atoms with Crippen LogP contribution in [0.5, 0.6) is 11.5 Å². The Morgan fingerprint density at radius 3 is 3.08 bits per heavy atom. The molecule has 0 saturated carbocycles. The number of fused-ring (bicyclic) bond motifs is 1. The van der Waals surface area contributed by atoms with Crippen molar-refractivity contribution in [1.82, 2.24) is 0 Å². The van der Waals surface area contributed by atoms with Crippen LogP contribution >= 0.6 is 0 Å². The molecule has 1 aliphatic heterocycles. The lowest BCUT2D eigenvalue weighted by Crippen LogP contribution is -2.11. The summed E-state index contributed by atoms with van der Waals surface area (Å²) in [6.07, 6.45) is 0. The maximum absolute atomic E-state index is 12.7. The first-order chi connectivity index (χ1) is 5.77. The lowest BCUT2D eigenvalue weighted by atomic mass is 10.2. The van der Waals surface area contributed by atoms with Crippen molar-refractivity contribution in [1.29, 1.82) is 0 Å². The van der Waals surface area contributed by atoms with Crippen molar-refractivity contribution in [3.8, 4) is 11.5 Å². The summed E-state index contributed by atoms with van der Waals surface area (Å²) >= 11 is 0. The van der Waals surface area contributed by atoms with Gasteiger partial charge in [0.25, 0.3) is 0 Å². The molecule has 0 amide bonds. The highest BCUT2D eigenvalue weighted by molar-refractivity contribution is 5.46. The van der Waals surface area contributed by atoms with Crippen molar-refractivity contribution >= 4 is 0 Å². The van der Waals surface area contributed by atoms with Crippen molar-refractivity contribution in [2.75, 3.05) is 6.79 Å². The van der Waals surface area contributed by atoms with Crippen molar-refractivity contribution < 1.29 is 19.0 Å². The molecule has 0 bridgehead atoms. The minimum Gasteiger partial charge on any atom is -0.504 e. The molecule has 0 fully saturated rings. The monoisotopic (exact) mass is 170 g/mol. The van der Waals surface area contributed by atoms with Crippen LogP contribution in [0.3, 0.4) is 0 Å². The van der Waals surface area contributed by atoms with E-state index in [1.807, 2.05) is 0 Å². The van der Waals surface area contributed by atoms with E-state index in [4.69, 9.17) is 9.47 Å². The second-order valence-corrected chi connectivity index (χ2v) is 2.52. The summed E-state index contributed by atoms with van der Waals surface area (Å²) in [4.78, 5) is 0. The van der Waals surface area contributed by atoms with E-state index >= 15 is 0 Å². The number of halogens is 1. The van der Waals surface area contributed by atoms with Gasteiger partial charge in [-0.3, -0.25) is 0 Å². The number of benzene rings is 1. The molecule has 64 valence electrons.